The van der Waals surface area contributed by atoms with E-state index in [0.29, 0.717) is 18.7 Å². The minimum atomic E-state index is -1.11. The summed E-state index contributed by atoms with van der Waals surface area (Å²) in [5.41, 5.74) is 1.67. The second-order valence-corrected chi connectivity index (χ2v) is 8.92. The van der Waals surface area contributed by atoms with Gasteiger partial charge >= 0.3 is 0 Å². The molecule has 37 heavy (non-hydrogen) atoms. The first-order valence-electron chi connectivity index (χ1n) is 12.4. The highest BCUT2D eigenvalue weighted by atomic mass is 19.1. The molecule has 2 aromatic rings. The van der Waals surface area contributed by atoms with Gasteiger partial charge in [0, 0.05) is 49.2 Å². The number of carbonyl (C=O) groups is 2. The maximum absolute atomic E-state index is 13.8. The molecular formula is C28H36F2N4O3. The standard InChI is InChI=1S/C28H36F2N4O3/c1-5-9-34(10-6-2)28(37)22-12-19(3)11-21(16-22)27(36)33-25(26(35)18-32-8-7-31-4)15-20-13-23(29)17-24(30)14-20/h7-8,11-14,16-17,25-26,32,35H,4-6,9-10,15,18H2,1-3H3,(H,33,36)/b8-7-/t25-,26-/m0/s1. The van der Waals surface area contributed by atoms with Gasteiger partial charge in [-0.3, -0.25) is 14.6 Å². The molecule has 0 fully saturated rings. The number of aliphatic hydroxyl groups excluding tert-OH is 1. The number of hydrogen-bond donors (Lipinski definition) is 3. The fraction of sp³-hybridized carbons (Fsp3) is 0.393. The Bertz CT molecular complexity index is 1080. The number of benzene rings is 2. The summed E-state index contributed by atoms with van der Waals surface area (Å²) in [5, 5.41) is 16.4. The topological polar surface area (TPSA) is 94.0 Å². The van der Waals surface area contributed by atoms with E-state index >= 15 is 0 Å². The Morgan fingerprint density at radius 3 is 2.27 bits per heavy atom. The fourth-order valence-corrected chi connectivity index (χ4v) is 4.03. The Labute approximate surface area is 217 Å². The summed E-state index contributed by atoms with van der Waals surface area (Å²) >= 11 is 0. The molecule has 0 saturated heterocycles. The van der Waals surface area contributed by atoms with Gasteiger partial charge in [-0.1, -0.05) is 13.8 Å². The van der Waals surface area contributed by atoms with E-state index in [1.54, 1.807) is 24.0 Å². The van der Waals surface area contributed by atoms with Gasteiger partial charge in [-0.2, -0.15) is 0 Å². The highest BCUT2D eigenvalue weighted by Crippen LogP contribution is 2.16. The van der Waals surface area contributed by atoms with E-state index < -0.39 is 29.7 Å². The molecule has 2 atom stereocenters. The van der Waals surface area contributed by atoms with E-state index in [9.17, 15) is 23.5 Å². The summed E-state index contributed by atoms with van der Waals surface area (Å²) in [6, 6.07) is 7.11. The molecule has 2 aromatic carbocycles. The number of nitrogens with zero attached hydrogens (tertiary/aromatic N) is 2. The van der Waals surface area contributed by atoms with Crippen molar-refractivity contribution in [2.24, 2.45) is 4.99 Å². The molecule has 0 saturated carbocycles. The average Bonchev–Trinajstić information content (AvgIpc) is 2.84. The van der Waals surface area contributed by atoms with Crippen molar-refractivity contribution in [2.75, 3.05) is 19.6 Å². The Kier molecular flexibility index (Phi) is 11.9. The van der Waals surface area contributed by atoms with Crippen LogP contribution < -0.4 is 10.6 Å². The van der Waals surface area contributed by atoms with Gasteiger partial charge in [-0.05, 0) is 74.4 Å². The second-order valence-electron chi connectivity index (χ2n) is 8.92. The average molecular weight is 515 g/mol. The van der Waals surface area contributed by atoms with E-state index in [1.165, 1.54) is 18.5 Å². The van der Waals surface area contributed by atoms with Gasteiger partial charge in [-0.25, -0.2) is 8.78 Å². The van der Waals surface area contributed by atoms with E-state index in [4.69, 9.17) is 0 Å². The zero-order chi connectivity index (χ0) is 27.4. The minimum Gasteiger partial charge on any atom is -0.389 e. The van der Waals surface area contributed by atoms with Gasteiger partial charge in [0.05, 0.1) is 12.1 Å². The first-order valence-corrected chi connectivity index (χ1v) is 12.4. The van der Waals surface area contributed by atoms with Gasteiger partial charge in [0.25, 0.3) is 11.8 Å². The molecule has 0 aliphatic heterocycles. The molecule has 9 heteroatoms. The van der Waals surface area contributed by atoms with Crippen molar-refractivity contribution in [3.05, 3.63) is 82.7 Å². The smallest absolute Gasteiger partial charge is 0.253 e. The van der Waals surface area contributed by atoms with Crippen molar-refractivity contribution in [2.45, 2.75) is 52.2 Å². The van der Waals surface area contributed by atoms with Gasteiger partial charge < -0.3 is 20.6 Å². The third-order valence-corrected chi connectivity index (χ3v) is 5.64. The van der Waals surface area contributed by atoms with Crippen LogP contribution in [0.25, 0.3) is 0 Å². The van der Waals surface area contributed by atoms with Gasteiger partial charge in [-0.15, -0.1) is 0 Å². The zero-order valence-electron chi connectivity index (χ0n) is 21.6. The molecule has 200 valence electrons. The van der Waals surface area contributed by atoms with Crippen LogP contribution in [0, 0.1) is 18.6 Å². The number of nitrogens with one attached hydrogen (secondary N) is 2. The molecule has 0 radical (unpaired) electrons. The SMILES string of the molecule is C=N/C=C\NC[C@H](O)[C@H](Cc1cc(F)cc(F)c1)NC(=O)c1cc(C)cc(C(=O)N(CCC)CCC)c1. The predicted octanol–water partition coefficient (Wildman–Crippen LogP) is 4.00. The van der Waals surface area contributed by atoms with E-state index in [-0.39, 0.29) is 30.0 Å². The second kappa shape index (κ2) is 14.8. The molecule has 0 heterocycles. The molecule has 0 aliphatic carbocycles. The van der Waals surface area contributed by atoms with Crippen molar-refractivity contribution in [1.29, 1.82) is 0 Å². The molecule has 0 unspecified atom stereocenters. The zero-order valence-corrected chi connectivity index (χ0v) is 21.6. The number of halogens is 2. The number of carbonyl (C=O) groups excluding carboxylic acids is 2. The molecular weight excluding hydrogens is 478 g/mol. The molecule has 0 bridgehead atoms. The van der Waals surface area contributed by atoms with Gasteiger partial charge in [0.2, 0.25) is 0 Å². The van der Waals surface area contributed by atoms with Crippen molar-refractivity contribution in [3.8, 4) is 0 Å². The lowest BCUT2D eigenvalue weighted by Gasteiger charge is -2.25. The number of hydrogen-bond acceptors (Lipinski definition) is 5. The lowest BCUT2D eigenvalue weighted by atomic mass is 9.99. The van der Waals surface area contributed by atoms with Crippen LogP contribution in [0.15, 0.2) is 53.8 Å². The van der Waals surface area contributed by atoms with Crippen molar-refractivity contribution >= 4 is 18.5 Å². The molecule has 0 aliphatic rings. The number of aliphatic hydroxyl groups is 1. The maximum Gasteiger partial charge on any atom is 0.253 e. The van der Waals surface area contributed by atoms with Crippen molar-refractivity contribution in [1.82, 2.24) is 15.5 Å². The molecule has 2 amide bonds. The molecule has 3 N–H and O–H groups in total. The number of aryl methyl sites for hydroxylation is 1. The van der Waals surface area contributed by atoms with Crippen molar-refractivity contribution in [3.63, 3.8) is 0 Å². The van der Waals surface area contributed by atoms with Crippen LogP contribution in [0.1, 0.15) is 58.5 Å². The van der Waals surface area contributed by atoms with Crippen LogP contribution in [-0.2, 0) is 6.42 Å². The predicted molar refractivity (Wildman–Crippen MR) is 142 cm³/mol. The summed E-state index contributed by atoms with van der Waals surface area (Å²) in [6.07, 6.45) is 3.38. The van der Waals surface area contributed by atoms with Gasteiger partial charge in [0.15, 0.2) is 0 Å². The molecule has 0 aromatic heterocycles. The Morgan fingerprint density at radius 2 is 1.68 bits per heavy atom. The van der Waals surface area contributed by atoms with E-state index in [1.807, 2.05) is 13.8 Å². The van der Waals surface area contributed by atoms with Crippen LogP contribution in [0.3, 0.4) is 0 Å². The monoisotopic (exact) mass is 514 g/mol. The largest absolute Gasteiger partial charge is 0.389 e. The Hall–Kier alpha value is -3.59. The third-order valence-electron chi connectivity index (χ3n) is 5.64. The van der Waals surface area contributed by atoms with Crippen LogP contribution in [0.4, 0.5) is 8.78 Å². The normalized spacial score (nSPS) is 12.7. The molecule has 0 spiro atoms. The number of amides is 2. The molecule has 7 nitrogen and oxygen atoms in total. The summed E-state index contributed by atoms with van der Waals surface area (Å²) in [7, 11) is 0. The Balaban J connectivity index is 2.30. The summed E-state index contributed by atoms with van der Waals surface area (Å²) in [6.45, 7) is 10.4. The first kappa shape index (κ1) is 29.6. The van der Waals surface area contributed by atoms with Gasteiger partial charge in [0.1, 0.15) is 11.6 Å². The van der Waals surface area contributed by atoms with Crippen LogP contribution >= 0.6 is 0 Å². The maximum atomic E-state index is 13.8. The minimum absolute atomic E-state index is 0.0227. The lowest BCUT2D eigenvalue weighted by Crippen LogP contribution is -2.48. The highest BCUT2D eigenvalue weighted by Gasteiger charge is 2.24. The highest BCUT2D eigenvalue weighted by molar-refractivity contribution is 6.00. The third kappa shape index (κ3) is 9.42. The van der Waals surface area contributed by atoms with Crippen LogP contribution in [0.5, 0.6) is 0 Å². The van der Waals surface area contributed by atoms with E-state index in [2.05, 4.69) is 22.3 Å². The van der Waals surface area contributed by atoms with Crippen LogP contribution in [0.2, 0.25) is 0 Å². The number of rotatable bonds is 14. The van der Waals surface area contributed by atoms with Crippen LogP contribution in [-0.4, -0.2) is 60.3 Å². The summed E-state index contributed by atoms with van der Waals surface area (Å²) in [5.74, 6) is -2.17. The quantitative estimate of drug-likeness (QED) is 0.332. The van der Waals surface area contributed by atoms with Crippen molar-refractivity contribution < 1.29 is 23.5 Å². The Morgan fingerprint density at radius 1 is 1.05 bits per heavy atom. The fourth-order valence-electron chi connectivity index (χ4n) is 4.03. The first-order chi connectivity index (χ1) is 17.7. The summed E-state index contributed by atoms with van der Waals surface area (Å²) in [4.78, 5) is 31.7. The number of aliphatic imine (C=N–C) groups is 1. The summed E-state index contributed by atoms with van der Waals surface area (Å²) < 4.78 is 27.5. The lowest BCUT2D eigenvalue weighted by molar-refractivity contribution is 0.0755. The van der Waals surface area contributed by atoms with E-state index in [0.717, 1.165) is 36.6 Å². The molecule has 2 rings (SSSR count).